The predicted molar refractivity (Wildman–Crippen MR) is 68.0 cm³/mol. The molecule has 0 aliphatic carbocycles. The van der Waals surface area contributed by atoms with Gasteiger partial charge in [-0.3, -0.25) is 4.40 Å². The number of nitrogens with zero attached hydrogens (tertiary/aromatic N) is 4. The van der Waals surface area contributed by atoms with E-state index in [9.17, 15) is 0 Å². The van der Waals surface area contributed by atoms with Crippen molar-refractivity contribution in [1.82, 2.24) is 19.6 Å². The fraction of sp³-hybridized carbons (Fsp3) is 0.182. The Morgan fingerprint density at radius 3 is 2.82 bits per heavy atom. The lowest BCUT2D eigenvalue weighted by molar-refractivity contribution is 0.964. The van der Waals surface area contributed by atoms with Gasteiger partial charge in [0.15, 0.2) is 11.5 Å². The fourth-order valence-corrected chi connectivity index (χ4v) is 2.67. The number of rotatable bonds is 1. The summed E-state index contributed by atoms with van der Waals surface area (Å²) < 4.78 is 1.93. The molecule has 3 heterocycles. The van der Waals surface area contributed by atoms with Gasteiger partial charge < -0.3 is 5.73 Å². The van der Waals surface area contributed by atoms with E-state index in [2.05, 4.69) is 15.2 Å². The average Bonchev–Trinajstić information content (AvgIpc) is 2.83. The highest BCUT2D eigenvalue weighted by Gasteiger charge is 2.14. The van der Waals surface area contributed by atoms with E-state index in [0.29, 0.717) is 0 Å². The summed E-state index contributed by atoms with van der Waals surface area (Å²) in [6, 6.07) is 3.78. The van der Waals surface area contributed by atoms with Crippen molar-refractivity contribution in [3.8, 4) is 10.7 Å². The standard InChI is InChI=1S/C11H11N5S/c1-6-5-9-14-15-11(16(9)7(2)13-6)10-8(12)3-4-17-10/h3-5H,12H2,1-2H3. The van der Waals surface area contributed by atoms with Crippen molar-refractivity contribution in [2.75, 3.05) is 5.73 Å². The molecule has 6 heteroatoms. The zero-order valence-corrected chi connectivity index (χ0v) is 10.3. The van der Waals surface area contributed by atoms with E-state index in [0.717, 1.165) is 33.6 Å². The summed E-state index contributed by atoms with van der Waals surface area (Å²) in [6.45, 7) is 3.89. The second-order valence-electron chi connectivity index (χ2n) is 3.87. The Bertz CT molecular complexity index is 697. The molecule has 0 unspecified atom stereocenters. The summed E-state index contributed by atoms with van der Waals surface area (Å²) in [5.41, 5.74) is 8.38. The van der Waals surface area contributed by atoms with Gasteiger partial charge in [-0.15, -0.1) is 21.5 Å². The van der Waals surface area contributed by atoms with Crippen molar-refractivity contribution >= 4 is 22.7 Å². The monoisotopic (exact) mass is 245 g/mol. The van der Waals surface area contributed by atoms with Gasteiger partial charge in [-0.25, -0.2) is 4.98 Å². The van der Waals surface area contributed by atoms with Gasteiger partial charge in [0.1, 0.15) is 5.82 Å². The maximum atomic E-state index is 5.91. The first-order chi connectivity index (χ1) is 8.16. The Hall–Kier alpha value is -1.95. The van der Waals surface area contributed by atoms with E-state index < -0.39 is 0 Å². The van der Waals surface area contributed by atoms with Gasteiger partial charge in [0, 0.05) is 11.8 Å². The molecule has 0 atom stereocenters. The van der Waals surface area contributed by atoms with Gasteiger partial charge in [-0.1, -0.05) is 0 Å². The van der Waals surface area contributed by atoms with Crippen molar-refractivity contribution in [1.29, 1.82) is 0 Å². The highest BCUT2D eigenvalue weighted by atomic mass is 32.1. The largest absolute Gasteiger partial charge is 0.397 e. The lowest BCUT2D eigenvalue weighted by atomic mass is 10.3. The van der Waals surface area contributed by atoms with Crippen LogP contribution < -0.4 is 5.73 Å². The van der Waals surface area contributed by atoms with E-state index in [-0.39, 0.29) is 0 Å². The van der Waals surface area contributed by atoms with Crippen LogP contribution in [0, 0.1) is 13.8 Å². The van der Waals surface area contributed by atoms with Crippen molar-refractivity contribution in [2.24, 2.45) is 0 Å². The molecule has 0 spiro atoms. The molecule has 3 rings (SSSR count). The van der Waals surface area contributed by atoms with E-state index in [4.69, 9.17) is 5.73 Å². The van der Waals surface area contributed by atoms with Crippen molar-refractivity contribution < 1.29 is 0 Å². The first-order valence-corrected chi connectivity index (χ1v) is 6.07. The maximum Gasteiger partial charge on any atom is 0.181 e. The molecule has 0 radical (unpaired) electrons. The average molecular weight is 245 g/mol. The van der Waals surface area contributed by atoms with Crippen LogP contribution in [0.3, 0.4) is 0 Å². The van der Waals surface area contributed by atoms with Crippen LogP contribution in [-0.2, 0) is 0 Å². The fourth-order valence-electron chi connectivity index (χ4n) is 1.88. The smallest absolute Gasteiger partial charge is 0.181 e. The Morgan fingerprint density at radius 1 is 1.29 bits per heavy atom. The SMILES string of the molecule is Cc1cc2nnc(-c3sccc3N)n2c(C)n1. The number of thiophene rings is 1. The van der Waals surface area contributed by atoms with Gasteiger partial charge >= 0.3 is 0 Å². The van der Waals surface area contributed by atoms with Crippen LogP contribution in [-0.4, -0.2) is 19.6 Å². The number of hydrogen-bond donors (Lipinski definition) is 1. The van der Waals surface area contributed by atoms with Crippen molar-refractivity contribution in [3.63, 3.8) is 0 Å². The number of nitrogens with two attached hydrogens (primary N) is 1. The van der Waals surface area contributed by atoms with E-state index in [1.54, 1.807) is 11.3 Å². The molecule has 3 aromatic rings. The zero-order valence-electron chi connectivity index (χ0n) is 9.51. The third-order valence-electron chi connectivity index (χ3n) is 2.59. The normalized spacial score (nSPS) is 11.2. The topological polar surface area (TPSA) is 69.1 Å². The molecule has 2 N–H and O–H groups in total. The summed E-state index contributed by atoms with van der Waals surface area (Å²) in [4.78, 5) is 5.36. The molecule has 0 bridgehead atoms. The number of nitrogen functional groups attached to an aromatic ring is 1. The minimum Gasteiger partial charge on any atom is -0.397 e. The highest BCUT2D eigenvalue weighted by molar-refractivity contribution is 7.14. The molecule has 17 heavy (non-hydrogen) atoms. The number of anilines is 1. The van der Waals surface area contributed by atoms with Crippen LogP contribution in [0.25, 0.3) is 16.3 Å². The lowest BCUT2D eigenvalue weighted by Gasteiger charge is -2.03. The van der Waals surface area contributed by atoms with Gasteiger partial charge in [0.2, 0.25) is 0 Å². The van der Waals surface area contributed by atoms with Crippen molar-refractivity contribution in [2.45, 2.75) is 13.8 Å². The molecule has 0 aliphatic rings. The summed E-state index contributed by atoms with van der Waals surface area (Å²) in [5, 5.41) is 10.3. The molecule has 0 fully saturated rings. The predicted octanol–water partition coefficient (Wildman–Crippen LogP) is 2.05. The number of hydrogen-bond acceptors (Lipinski definition) is 5. The van der Waals surface area contributed by atoms with Gasteiger partial charge in [-0.05, 0) is 25.3 Å². The molecule has 0 amide bonds. The van der Waals surface area contributed by atoms with Gasteiger partial charge in [0.05, 0.1) is 10.6 Å². The minimum atomic E-state index is 0.726. The molecular weight excluding hydrogens is 234 g/mol. The van der Waals surface area contributed by atoms with Crippen LogP contribution in [0.15, 0.2) is 17.5 Å². The highest BCUT2D eigenvalue weighted by Crippen LogP contribution is 2.30. The summed E-state index contributed by atoms with van der Waals surface area (Å²) in [5.74, 6) is 1.63. The van der Waals surface area contributed by atoms with Crippen LogP contribution in [0.4, 0.5) is 5.69 Å². The quantitative estimate of drug-likeness (QED) is 0.712. The van der Waals surface area contributed by atoms with Crippen molar-refractivity contribution in [3.05, 3.63) is 29.0 Å². The molecule has 0 saturated carbocycles. The second-order valence-corrected chi connectivity index (χ2v) is 4.78. The molecule has 5 nitrogen and oxygen atoms in total. The Balaban J connectivity index is 2.36. The van der Waals surface area contributed by atoms with Crippen LogP contribution in [0.5, 0.6) is 0 Å². The van der Waals surface area contributed by atoms with Gasteiger partial charge in [0.25, 0.3) is 0 Å². The minimum absolute atomic E-state index is 0.726. The Labute approximate surface area is 102 Å². The molecule has 3 aromatic heterocycles. The molecule has 0 saturated heterocycles. The third-order valence-corrected chi connectivity index (χ3v) is 3.51. The lowest BCUT2D eigenvalue weighted by Crippen LogP contribution is -1.99. The molecule has 0 aliphatic heterocycles. The van der Waals surface area contributed by atoms with Crippen LogP contribution >= 0.6 is 11.3 Å². The van der Waals surface area contributed by atoms with E-state index in [1.165, 1.54) is 0 Å². The maximum absolute atomic E-state index is 5.91. The van der Waals surface area contributed by atoms with Crippen LogP contribution in [0.2, 0.25) is 0 Å². The molecule has 0 aromatic carbocycles. The summed E-state index contributed by atoms with van der Waals surface area (Å²) >= 11 is 1.56. The first kappa shape index (κ1) is 10.2. The van der Waals surface area contributed by atoms with Crippen LogP contribution in [0.1, 0.15) is 11.5 Å². The van der Waals surface area contributed by atoms with E-state index in [1.807, 2.05) is 35.8 Å². The summed E-state index contributed by atoms with van der Waals surface area (Å²) in [6.07, 6.45) is 0. The van der Waals surface area contributed by atoms with E-state index >= 15 is 0 Å². The second kappa shape index (κ2) is 3.53. The number of aryl methyl sites for hydroxylation is 2. The summed E-state index contributed by atoms with van der Waals surface area (Å²) in [7, 11) is 0. The Morgan fingerprint density at radius 2 is 2.12 bits per heavy atom. The third kappa shape index (κ3) is 1.49. The zero-order chi connectivity index (χ0) is 12.0. The Kier molecular flexibility index (Phi) is 2.12. The first-order valence-electron chi connectivity index (χ1n) is 5.19. The number of aromatic nitrogens is 4. The molecular formula is C11H11N5S. The molecule has 86 valence electrons. The number of fused-ring (bicyclic) bond motifs is 1. The van der Waals surface area contributed by atoms with Gasteiger partial charge in [-0.2, -0.15) is 0 Å².